The number of H-pyrrole nitrogens is 1. The van der Waals surface area contributed by atoms with Crippen LogP contribution in [0.2, 0.25) is 0 Å². The Kier molecular flexibility index (Phi) is 6.04. The number of carbonyl (C=O) groups is 1. The molecule has 1 aromatic carbocycles. The summed E-state index contributed by atoms with van der Waals surface area (Å²) < 4.78 is 16.4. The molecule has 1 saturated heterocycles. The Balaban J connectivity index is 1.14. The van der Waals surface area contributed by atoms with E-state index < -0.39 is 11.0 Å². The molecule has 10 heteroatoms. The maximum absolute atomic E-state index is 13.0. The highest BCUT2D eigenvalue weighted by Gasteiger charge is 2.34. The predicted octanol–water partition coefficient (Wildman–Crippen LogP) is 3.12. The van der Waals surface area contributed by atoms with Gasteiger partial charge in [0, 0.05) is 48.5 Å². The summed E-state index contributed by atoms with van der Waals surface area (Å²) in [5.41, 5.74) is 4.71. The number of nitrogens with one attached hydrogen (secondary N) is 2. The summed E-state index contributed by atoms with van der Waals surface area (Å²) in [7, 11) is -1.34. The van der Waals surface area contributed by atoms with E-state index in [4.69, 9.17) is 0 Å². The van der Waals surface area contributed by atoms with Crippen molar-refractivity contribution in [2.75, 3.05) is 13.1 Å². The normalized spacial score (nSPS) is 17.1. The summed E-state index contributed by atoms with van der Waals surface area (Å²) in [6.07, 6.45) is 7.49. The first kappa shape index (κ1) is 22.6. The Morgan fingerprint density at radius 3 is 2.86 bits per heavy atom. The van der Waals surface area contributed by atoms with Gasteiger partial charge in [-0.2, -0.15) is 14.8 Å². The first-order valence-corrected chi connectivity index (χ1v) is 13.1. The van der Waals surface area contributed by atoms with Gasteiger partial charge in [0.1, 0.15) is 22.7 Å². The van der Waals surface area contributed by atoms with Crippen molar-refractivity contribution in [3.63, 3.8) is 0 Å². The van der Waals surface area contributed by atoms with E-state index in [1.807, 2.05) is 54.7 Å². The number of pyridine rings is 1. The quantitative estimate of drug-likeness (QED) is 0.358. The van der Waals surface area contributed by atoms with Crippen molar-refractivity contribution in [2.24, 2.45) is 0 Å². The maximum Gasteiger partial charge on any atom is 0.238 e. The van der Waals surface area contributed by atoms with Gasteiger partial charge < -0.3 is 10.3 Å². The van der Waals surface area contributed by atoms with Crippen molar-refractivity contribution in [1.29, 1.82) is 0 Å². The van der Waals surface area contributed by atoms with Crippen LogP contribution in [0.25, 0.3) is 27.7 Å². The first-order valence-electron chi connectivity index (χ1n) is 12.0. The minimum atomic E-state index is -1.34. The van der Waals surface area contributed by atoms with Crippen molar-refractivity contribution < 1.29 is 9.00 Å². The van der Waals surface area contributed by atoms with E-state index in [0.29, 0.717) is 25.9 Å². The zero-order valence-corrected chi connectivity index (χ0v) is 20.3. The summed E-state index contributed by atoms with van der Waals surface area (Å²) >= 11 is 0. The molecule has 182 valence electrons. The Morgan fingerprint density at radius 1 is 1.08 bits per heavy atom. The van der Waals surface area contributed by atoms with Gasteiger partial charge >= 0.3 is 0 Å². The summed E-state index contributed by atoms with van der Waals surface area (Å²) in [5, 5.41) is 12.7. The Labute approximate surface area is 210 Å². The molecule has 0 aliphatic carbocycles. The monoisotopic (exact) mass is 499 g/mol. The van der Waals surface area contributed by atoms with Crippen molar-refractivity contribution >= 4 is 33.4 Å². The lowest BCUT2D eigenvalue weighted by molar-refractivity contribution is -0.124. The number of aromatic amines is 1. The first-order chi connectivity index (χ1) is 17.7. The van der Waals surface area contributed by atoms with Crippen molar-refractivity contribution in [3.05, 3.63) is 78.9 Å². The van der Waals surface area contributed by atoms with Crippen LogP contribution in [0.3, 0.4) is 0 Å². The largest absolute Gasteiger partial charge is 0.354 e. The highest BCUT2D eigenvalue weighted by molar-refractivity contribution is 7.82. The van der Waals surface area contributed by atoms with Crippen LogP contribution in [0, 0.1) is 0 Å². The van der Waals surface area contributed by atoms with Gasteiger partial charge in [-0.05, 0) is 54.8 Å². The molecular weight excluding hydrogens is 474 g/mol. The lowest BCUT2D eigenvalue weighted by Crippen LogP contribution is -2.44. The van der Waals surface area contributed by atoms with Crippen LogP contribution in [0.15, 0.2) is 78.1 Å². The Bertz CT molecular complexity index is 1560. The highest BCUT2D eigenvalue weighted by Crippen LogP contribution is 2.31. The molecular formula is C26H25N7O2S. The number of amides is 1. The van der Waals surface area contributed by atoms with Gasteiger partial charge in [-0.1, -0.05) is 18.2 Å². The summed E-state index contributed by atoms with van der Waals surface area (Å²) in [6, 6.07) is 16.9. The molecule has 1 amide bonds. The summed E-state index contributed by atoms with van der Waals surface area (Å²) in [6.45, 7) is 1.12. The van der Waals surface area contributed by atoms with Gasteiger partial charge in [0.05, 0.1) is 16.6 Å². The molecule has 2 unspecified atom stereocenters. The maximum atomic E-state index is 13.0. The zero-order valence-electron chi connectivity index (χ0n) is 19.5. The number of benzene rings is 1. The summed E-state index contributed by atoms with van der Waals surface area (Å²) in [4.78, 5) is 21.5. The van der Waals surface area contributed by atoms with E-state index in [2.05, 4.69) is 31.5 Å². The van der Waals surface area contributed by atoms with Gasteiger partial charge in [0.25, 0.3) is 0 Å². The predicted molar refractivity (Wildman–Crippen MR) is 137 cm³/mol. The molecule has 2 atom stereocenters. The third-order valence-electron chi connectivity index (χ3n) is 6.54. The van der Waals surface area contributed by atoms with E-state index in [1.165, 1.54) is 0 Å². The average Bonchev–Trinajstić information content (AvgIpc) is 3.66. The second kappa shape index (κ2) is 9.63. The molecule has 5 aromatic rings. The second-order valence-corrected chi connectivity index (χ2v) is 10.2. The molecule has 1 fully saturated rings. The zero-order chi connectivity index (χ0) is 24.5. The van der Waals surface area contributed by atoms with Gasteiger partial charge in [0.15, 0.2) is 0 Å². The van der Waals surface area contributed by atoms with E-state index in [0.717, 1.165) is 44.7 Å². The lowest BCUT2D eigenvalue weighted by atomic mass is 10.1. The number of hydrogen-bond acceptors (Lipinski definition) is 5. The molecule has 1 aliphatic rings. The minimum absolute atomic E-state index is 0.0782. The van der Waals surface area contributed by atoms with E-state index in [-0.39, 0.29) is 11.9 Å². The second-order valence-electron chi connectivity index (χ2n) is 8.77. The number of fused-ring (bicyclic) bond motifs is 2. The topological polar surface area (TPSA) is 108 Å². The van der Waals surface area contributed by atoms with Gasteiger partial charge in [0.2, 0.25) is 5.91 Å². The standard InChI is InChI=1S/C26H25N7O2S/c34-26(24-9-5-15-32(24)36(35)19-6-2-1-3-7-19)28-13-10-18-16-21-20(11-14-27-25(21)31-18)22-17-30-33-23(22)8-4-12-29-33/h1-4,6-8,11-12,14,16-17,24H,5,9-10,13,15H2,(H,27,31)(H,28,34). The van der Waals surface area contributed by atoms with Crippen LogP contribution in [-0.2, 0) is 22.2 Å². The van der Waals surface area contributed by atoms with E-state index >= 15 is 0 Å². The van der Waals surface area contributed by atoms with Crippen molar-refractivity contribution in [2.45, 2.75) is 30.2 Å². The fraction of sp³-hybridized carbons (Fsp3) is 0.231. The van der Waals surface area contributed by atoms with Crippen LogP contribution in [-0.4, -0.2) is 58.3 Å². The SMILES string of the molecule is O=C(NCCc1cc2c(-c3cnn4ncccc34)ccnc2[nH]1)C1CCCN1S(=O)c1ccccc1. The number of carbonyl (C=O) groups excluding carboxylic acids is 1. The van der Waals surface area contributed by atoms with Crippen LogP contribution in [0.5, 0.6) is 0 Å². The fourth-order valence-corrected chi connectivity index (χ4v) is 6.19. The lowest BCUT2D eigenvalue weighted by Gasteiger charge is -2.22. The number of rotatable bonds is 7. The van der Waals surface area contributed by atoms with E-state index in [9.17, 15) is 9.00 Å². The molecule has 9 nitrogen and oxygen atoms in total. The molecule has 1 aliphatic heterocycles. The van der Waals surface area contributed by atoms with Crippen LogP contribution in [0.4, 0.5) is 0 Å². The third kappa shape index (κ3) is 4.18. The van der Waals surface area contributed by atoms with Crippen LogP contribution < -0.4 is 5.32 Å². The minimum Gasteiger partial charge on any atom is -0.354 e. The molecule has 2 N–H and O–H groups in total. The molecule has 0 bridgehead atoms. The Morgan fingerprint density at radius 2 is 1.97 bits per heavy atom. The van der Waals surface area contributed by atoms with E-state index in [1.54, 1.807) is 21.3 Å². The average molecular weight is 500 g/mol. The molecule has 0 radical (unpaired) electrons. The molecule has 36 heavy (non-hydrogen) atoms. The Hall–Kier alpha value is -3.89. The molecule has 4 aromatic heterocycles. The van der Waals surface area contributed by atoms with Gasteiger partial charge in [-0.25, -0.2) is 13.5 Å². The van der Waals surface area contributed by atoms with Gasteiger partial charge in [-0.15, -0.1) is 0 Å². The third-order valence-corrected chi connectivity index (χ3v) is 8.08. The number of hydrogen-bond donors (Lipinski definition) is 2. The molecule has 6 rings (SSSR count). The van der Waals surface area contributed by atoms with Crippen LogP contribution in [0.1, 0.15) is 18.5 Å². The smallest absolute Gasteiger partial charge is 0.238 e. The summed E-state index contributed by atoms with van der Waals surface area (Å²) in [5.74, 6) is -0.0782. The van der Waals surface area contributed by atoms with Crippen molar-refractivity contribution in [1.82, 2.24) is 34.4 Å². The number of nitrogens with zero attached hydrogens (tertiary/aromatic N) is 5. The van der Waals surface area contributed by atoms with Crippen molar-refractivity contribution in [3.8, 4) is 11.1 Å². The molecule has 5 heterocycles. The fourth-order valence-electron chi connectivity index (χ4n) is 4.80. The van der Waals surface area contributed by atoms with Gasteiger partial charge in [-0.3, -0.25) is 4.79 Å². The molecule has 0 spiro atoms. The highest BCUT2D eigenvalue weighted by atomic mass is 32.2. The number of aromatic nitrogens is 5. The van der Waals surface area contributed by atoms with Crippen LogP contribution >= 0.6 is 0 Å². The molecule has 0 saturated carbocycles.